The largest absolute Gasteiger partial charge is 0.405 e. The fraction of sp³-hybridized carbons (Fsp3) is 0.414. The third-order valence-electron chi connectivity index (χ3n) is 7.28. The zero-order valence-corrected chi connectivity index (χ0v) is 22.5. The van der Waals surface area contributed by atoms with Crippen LogP contribution in [0.25, 0.3) is 0 Å². The summed E-state index contributed by atoms with van der Waals surface area (Å²) < 4.78 is 42.5. The van der Waals surface area contributed by atoms with Gasteiger partial charge in [-0.3, -0.25) is 9.69 Å². The molecule has 9 nitrogen and oxygen atoms in total. The molecule has 0 saturated carbocycles. The molecule has 5 rings (SSSR count). The van der Waals surface area contributed by atoms with E-state index >= 15 is 0 Å². The molecule has 4 aliphatic rings. The predicted molar refractivity (Wildman–Crippen MR) is 151 cm³/mol. The number of hydrogen-bond donors (Lipinski definition) is 3. The lowest BCUT2D eigenvalue weighted by molar-refractivity contribution is -0.122. The number of alkyl halides is 3. The van der Waals surface area contributed by atoms with Crippen molar-refractivity contribution in [2.75, 3.05) is 56.2 Å². The number of halogens is 3. The van der Waals surface area contributed by atoms with Crippen LogP contribution in [0.4, 0.5) is 29.3 Å². The molecule has 2 aliphatic carbocycles. The van der Waals surface area contributed by atoms with Crippen molar-refractivity contribution in [3.8, 4) is 0 Å². The second-order valence-electron chi connectivity index (χ2n) is 10.2. The maximum absolute atomic E-state index is 12.8. The molecule has 0 radical (unpaired) electrons. The van der Waals surface area contributed by atoms with Gasteiger partial charge in [-0.15, -0.1) is 0 Å². The molecule has 2 heterocycles. The van der Waals surface area contributed by atoms with E-state index < -0.39 is 18.8 Å². The lowest BCUT2D eigenvalue weighted by atomic mass is 9.88. The number of benzene rings is 1. The van der Waals surface area contributed by atoms with Crippen molar-refractivity contribution in [1.82, 2.24) is 15.5 Å². The number of hydrogen-bond acceptors (Lipinski definition) is 6. The highest BCUT2D eigenvalue weighted by Crippen LogP contribution is 2.36. The normalized spacial score (nSPS) is 20.9. The van der Waals surface area contributed by atoms with Crippen LogP contribution in [0.15, 0.2) is 76.0 Å². The number of nitrogens with zero attached hydrogens (tertiary/aromatic N) is 3. The van der Waals surface area contributed by atoms with Gasteiger partial charge in [0.2, 0.25) is 0 Å². The minimum Gasteiger partial charge on any atom is -0.379 e. The van der Waals surface area contributed by atoms with E-state index in [1.54, 1.807) is 29.9 Å². The highest BCUT2D eigenvalue weighted by atomic mass is 19.4. The minimum absolute atomic E-state index is 0.0456. The number of carbonyl (C=O) groups is 2. The fourth-order valence-corrected chi connectivity index (χ4v) is 5.18. The van der Waals surface area contributed by atoms with Gasteiger partial charge in [-0.2, -0.15) is 13.2 Å². The van der Waals surface area contributed by atoms with Crippen LogP contribution in [0.1, 0.15) is 19.3 Å². The van der Waals surface area contributed by atoms with Gasteiger partial charge in [-0.1, -0.05) is 18.2 Å². The van der Waals surface area contributed by atoms with Crippen LogP contribution < -0.4 is 20.9 Å². The number of amides is 3. The van der Waals surface area contributed by atoms with Gasteiger partial charge in [-0.05, 0) is 60.8 Å². The Balaban J connectivity index is 1.17. The molecule has 41 heavy (non-hydrogen) atoms. The van der Waals surface area contributed by atoms with E-state index in [1.807, 2.05) is 29.2 Å². The minimum atomic E-state index is -4.48. The second kappa shape index (κ2) is 12.7. The van der Waals surface area contributed by atoms with E-state index in [-0.39, 0.29) is 11.9 Å². The van der Waals surface area contributed by atoms with E-state index in [4.69, 9.17) is 4.74 Å². The number of ether oxygens (including phenoxy) is 1. The van der Waals surface area contributed by atoms with Crippen LogP contribution in [-0.2, 0) is 9.53 Å². The molecule has 1 saturated heterocycles. The molecule has 0 aromatic heterocycles. The summed E-state index contributed by atoms with van der Waals surface area (Å²) in [6, 6.07) is 5.90. The van der Waals surface area contributed by atoms with E-state index in [1.165, 1.54) is 0 Å². The highest BCUT2D eigenvalue weighted by Gasteiger charge is 2.30. The summed E-state index contributed by atoms with van der Waals surface area (Å²) in [6.07, 6.45) is 7.68. The number of urea groups is 1. The standard InChI is InChI=1S/C29H33F3N6O3/c30-29(31,32)18-34-28(40)36-23-5-2-6-24(17-23)38-19-35-25-16-21(7-8-26(25)38)20-3-1-4-22(15-20)27(39)33-9-10-37-11-13-41-14-12-37/h2,4-7,15-17,19,26H,1,3,8-14,18H2,(H,33,39)(H2,34,36,40). The number of carbonyl (C=O) groups excluding carboxylic acids is 2. The van der Waals surface area contributed by atoms with Gasteiger partial charge < -0.3 is 25.6 Å². The van der Waals surface area contributed by atoms with E-state index in [2.05, 4.69) is 26.6 Å². The monoisotopic (exact) mass is 570 g/mol. The van der Waals surface area contributed by atoms with Gasteiger partial charge >= 0.3 is 12.2 Å². The number of rotatable bonds is 8. The summed E-state index contributed by atoms with van der Waals surface area (Å²) in [7, 11) is 0. The van der Waals surface area contributed by atoms with Crippen LogP contribution in [0, 0.1) is 0 Å². The molecule has 1 aromatic carbocycles. The Labute approximate surface area is 236 Å². The van der Waals surface area contributed by atoms with E-state index in [0.29, 0.717) is 24.2 Å². The lowest BCUT2D eigenvalue weighted by Gasteiger charge is -2.28. The summed E-state index contributed by atoms with van der Waals surface area (Å²) in [5.41, 5.74) is 4.84. The van der Waals surface area contributed by atoms with Gasteiger partial charge in [0, 0.05) is 43.1 Å². The number of nitrogens with one attached hydrogen (secondary N) is 3. The van der Waals surface area contributed by atoms with Crippen molar-refractivity contribution in [3.05, 3.63) is 71.0 Å². The number of anilines is 2. The van der Waals surface area contributed by atoms with Crippen LogP contribution >= 0.6 is 0 Å². The summed E-state index contributed by atoms with van der Waals surface area (Å²) in [5.74, 6) is -0.0666. The number of morpholine rings is 1. The first kappa shape index (κ1) is 28.6. The first-order valence-electron chi connectivity index (χ1n) is 13.7. The third-order valence-corrected chi connectivity index (χ3v) is 7.28. The van der Waals surface area contributed by atoms with Crippen LogP contribution in [0.2, 0.25) is 0 Å². The lowest BCUT2D eigenvalue weighted by Crippen LogP contribution is -2.41. The predicted octanol–water partition coefficient (Wildman–Crippen LogP) is 3.90. The Hall–Kier alpha value is -3.90. The van der Waals surface area contributed by atoms with Crippen molar-refractivity contribution in [1.29, 1.82) is 0 Å². The van der Waals surface area contributed by atoms with Crippen LogP contribution in [0.5, 0.6) is 0 Å². The first-order chi connectivity index (χ1) is 19.7. The first-order valence-corrected chi connectivity index (χ1v) is 13.7. The summed E-state index contributed by atoms with van der Waals surface area (Å²) in [6.45, 7) is 3.22. The maximum atomic E-state index is 12.8. The topological polar surface area (TPSA) is 98.3 Å². The molecule has 1 unspecified atom stereocenters. The Morgan fingerprint density at radius 2 is 1.93 bits per heavy atom. The Kier molecular flexibility index (Phi) is 8.89. The van der Waals surface area contributed by atoms with Crippen LogP contribution in [-0.4, -0.2) is 81.3 Å². The Bertz CT molecular complexity index is 1310. The molecule has 2 aliphatic heterocycles. The fourth-order valence-electron chi connectivity index (χ4n) is 5.18. The molecule has 12 heteroatoms. The second-order valence-corrected chi connectivity index (χ2v) is 10.2. The molecular formula is C29H33F3N6O3. The molecule has 218 valence electrons. The number of allylic oxidation sites excluding steroid dienone is 4. The van der Waals surface area contributed by atoms with Crippen molar-refractivity contribution in [2.45, 2.75) is 31.5 Å². The van der Waals surface area contributed by atoms with Gasteiger partial charge in [-0.25, -0.2) is 9.79 Å². The Morgan fingerprint density at radius 1 is 1.10 bits per heavy atom. The summed E-state index contributed by atoms with van der Waals surface area (Å²) in [4.78, 5) is 33.5. The average molecular weight is 571 g/mol. The van der Waals surface area contributed by atoms with Crippen LogP contribution in [0.3, 0.4) is 0 Å². The van der Waals surface area contributed by atoms with E-state index in [9.17, 15) is 22.8 Å². The zero-order chi connectivity index (χ0) is 28.8. The third kappa shape index (κ3) is 7.65. The summed E-state index contributed by atoms with van der Waals surface area (Å²) in [5, 5.41) is 7.28. The summed E-state index contributed by atoms with van der Waals surface area (Å²) >= 11 is 0. The number of fused-ring (bicyclic) bond motifs is 1. The molecule has 1 fully saturated rings. The highest BCUT2D eigenvalue weighted by molar-refractivity contribution is 5.97. The molecule has 0 bridgehead atoms. The molecule has 3 amide bonds. The maximum Gasteiger partial charge on any atom is 0.405 e. The average Bonchev–Trinajstić information content (AvgIpc) is 3.40. The Morgan fingerprint density at radius 3 is 2.73 bits per heavy atom. The van der Waals surface area contributed by atoms with E-state index in [0.717, 1.165) is 68.2 Å². The quantitative estimate of drug-likeness (QED) is 0.441. The van der Waals surface area contributed by atoms with Crippen molar-refractivity contribution in [3.63, 3.8) is 0 Å². The zero-order valence-electron chi connectivity index (χ0n) is 22.5. The molecule has 1 aromatic rings. The molecular weight excluding hydrogens is 537 g/mol. The van der Waals surface area contributed by atoms with Crippen molar-refractivity contribution < 1.29 is 27.5 Å². The molecule has 0 spiro atoms. The smallest absolute Gasteiger partial charge is 0.379 e. The number of aliphatic imine (C=N–C) groups is 1. The molecule has 1 atom stereocenters. The molecule has 3 N–H and O–H groups in total. The van der Waals surface area contributed by atoms with Gasteiger partial charge in [0.05, 0.1) is 31.3 Å². The van der Waals surface area contributed by atoms with Gasteiger partial charge in [0.25, 0.3) is 5.91 Å². The van der Waals surface area contributed by atoms with Gasteiger partial charge in [0.1, 0.15) is 6.54 Å². The van der Waals surface area contributed by atoms with Crippen molar-refractivity contribution in [2.24, 2.45) is 4.99 Å². The van der Waals surface area contributed by atoms with Gasteiger partial charge in [0.15, 0.2) is 0 Å². The van der Waals surface area contributed by atoms with Crippen molar-refractivity contribution >= 4 is 29.7 Å². The SMILES string of the molecule is O=C(NCC(F)(F)F)Nc1cccc(N2C=NC3=CC(C4=CC(C(=O)NCCN5CCOCC5)=CCC4)=CCC32)c1.